The van der Waals surface area contributed by atoms with Crippen molar-refractivity contribution in [3.8, 4) is 5.69 Å². The quantitative estimate of drug-likeness (QED) is 0.672. The third-order valence-electron chi connectivity index (χ3n) is 6.00. The maximum Gasteiger partial charge on any atom is 0.274 e. The van der Waals surface area contributed by atoms with Crippen molar-refractivity contribution in [3.05, 3.63) is 82.0 Å². The lowest BCUT2D eigenvalue weighted by Crippen LogP contribution is -2.36. The first-order valence-electron chi connectivity index (χ1n) is 10.4. The van der Waals surface area contributed by atoms with E-state index in [1.807, 2.05) is 47.3 Å². The SMILES string of the molecule is O=c1c2c(n(Cc3cccnc3)n1-c1ccccc1)CN(CC1CCOC1)CC2. The fraction of sp³-hybridized carbons (Fsp3) is 0.391. The molecule has 0 N–H and O–H groups in total. The van der Waals surface area contributed by atoms with Gasteiger partial charge in [0.25, 0.3) is 5.56 Å². The summed E-state index contributed by atoms with van der Waals surface area (Å²) in [6, 6.07) is 14.0. The van der Waals surface area contributed by atoms with Gasteiger partial charge in [0, 0.05) is 44.2 Å². The molecule has 1 saturated heterocycles. The number of nitrogens with zero attached hydrogens (tertiary/aromatic N) is 4. The minimum atomic E-state index is 0.110. The van der Waals surface area contributed by atoms with Gasteiger partial charge in [-0.15, -0.1) is 0 Å². The summed E-state index contributed by atoms with van der Waals surface area (Å²) in [5.41, 5.74) is 4.20. The minimum absolute atomic E-state index is 0.110. The second kappa shape index (κ2) is 7.97. The lowest BCUT2D eigenvalue weighted by Gasteiger charge is -2.29. The van der Waals surface area contributed by atoms with Crippen LogP contribution >= 0.6 is 0 Å². The summed E-state index contributed by atoms with van der Waals surface area (Å²) in [4.78, 5) is 20.1. The number of aromatic nitrogens is 3. The molecular weight excluding hydrogens is 364 g/mol. The van der Waals surface area contributed by atoms with Crippen LogP contribution in [0.3, 0.4) is 0 Å². The molecule has 0 bridgehead atoms. The van der Waals surface area contributed by atoms with Crippen molar-refractivity contribution >= 4 is 0 Å². The fourth-order valence-corrected chi connectivity index (χ4v) is 4.53. The highest BCUT2D eigenvalue weighted by atomic mass is 16.5. The van der Waals surface area contributed by atoms with Crippen molar-refractivity contribution in [1.82, 2.24) is 19.2 Å². The van der Waals surface area contributed by atoms with Gasteiger partial charge in [-0.1, -0.05) is 24.3 Å². The fourth-order valence-electron chi connectivity index (χ4n) is 4.53. The van der Waals surface area contributed by atoms with Crippen molar-refractivity contribution in [2.45, 2.75) is 25.9 Å². The van der Waals surface area contributed by atoms with Crippen LogP contribution in [0.25, 0.3) is 5.69 Å². The molecule has 5 rings (SSSR count). The number of hydrogen-bond donors (Lipinski definition) is 0. The van der Waals surface area contributed by atoms with E-state index in [-0.39, 0.29) is 5.56 Å². The van der Waals surface area contributed by atoms with Crippen LogP contribution in [0.15, 0.2) is 59.7 Å². The van der Waals surface area contributed by atoms with Gasteiger partial charge in [0.2, 0.25) is 0 Å². The summed E-state index contributed by atoms with van der Waals surface area (Å²) in [6.45, 7) is 5.15. The molecular formula is C23H26N4O2. The molecule has 2 aliphatic heterocycles. The molecule has 0 aliphatic carbocycles. The number of rotatable bonds is 5. The van der Waals surface area contributed by atoms with Gasteiger partial charge in [0.05, 0.1) is 24.5 Å². The molecule has 0 saturated carbocycles. The highest BCUT2D eigenvalue weighted by Gasteiger charge is 2.29. The largest absolute Gasteiger partial charge is 0.381 e. The molecule has 2 aromatic heterocycles. The number of benzene rings is 1. The lowest BCUT2D eigenvalue weighted by atomic mass is 10.0. The molecule has 0 amide bonds. The van der Waals surface area contributed by atoms with Gasteiger partial charge in [-0.2, -0.15) is 0 Å². The normalized spacial score (nSPS) is 19.4. The Labute approximate surface area is 170 Å². The van der Waals surface area contributed by atoms with Crippen LogP contribution in [0.4, 0.5) is 0 Å². The average Bonchev–Trinajstić information content (AvgIpc) is 3.36. The van der Waals surface area contributed by atoms with Gasteiger partial charge in [0.1, 0.15) is 0 Å². The van der Waals surface area contributed by atoms with E-state index in [4.69, 9.17) is 4.74 Å². The van der Waals surface area contributed by atoms with E-state index in [1.54, 1.807) is 6.20 Å². The summed E-state index contributed by atoms with van der Waals surface area (Å²) < 4.78 is 9.56. The zero-order valence-corrected chi connectivity index (χ0v) is 16.5. The zero-order chi connectivity index (χ0) is 19.6. The van der Waals surface area contributed by atoms with Gasteiger partial charge in [-0.25, -0.2) is 4.68 Å². The van der Waals surface area contributed by atoms with Gasteiger partial charge in [-0.05, 0) is 42.5 Å². The molecule has 6 heteroatoms. The van der Waals surface area contributed by atoms with Crippen LogP contribution in [0.2, 0.25) is 0 Å². The van der Waals surface area contributed by atoms with Crippen LogP contribution in [0.1, 0.15) is 23.2 Å². The molecule has 1 fully saturated rings. The van der Waals surface area contributed by atoms with Gasteiger partial charge >= 0.3 is 0 Å². The van der Waals surface area contributed by atoms with E-state index < -0.39 is 0 Å². The van der Waals surface area contributed by atoms with Crippen LogP contribution in [-0.2, 0) is 24.2 Å². The Hall–Kier alpha value is -2.70. The lowest BCUT2D eigenvalue weighted by molar-refractivity contribution is 0.160. The predicted molar refractivity (Wildman–Crippen MR) is 111 cm³/mol. The average molecular weight is 390 g/mol. The Morgan fingerprint density at radius 3 is 2.79 bits per heavy atom. The highest BCUT2D eigenvalue weighted by molar-refractivity contribution is 5.35. The molecule has 0 radical (unpaired) electrons. The van der Waals surface area contributed by atoms with Crippen molar-refractivity contribution in [2.24, 2.45) is 5.92 Å². The molecule has 150 valence electrons. The molecule has 0 spiro atoms. The summed E-state index contributed by atoms with van der Waals surface area (Å²) in [5, 5.41) is 0. The van der Waals surface area contributed by atoms with E-state index in [9.17, 15) is 4.79 Å². The third kappa shape index (κ3) is 3.66. The number of ether oxygens (including phenoxy) is 1. The number of para-hydroxylation sites is 1. The van der Waals surface area contributed by atoms with Crippen molar-refractivity contribution in [1.29, 1.82) is 0 Å². The molecule has 1 aromatic carbocycles. The van der Waals surface area contributed by atoms with E-state index >= 15 is 0 Å². The van der Waals surface area contributed by atoms with Crippen LogP contribution in [-0.4, -0.2) is 45.6 Å². The first-order chi connectivity index (χ1) is 14.3. The Morgan fingerprint density at radius 2 is 2.03 bits per heavy atom. The van der Waals surface area contributed by atoms with Crippen LogP contribution in [0.5, 0.6) is 0 Å². The monoisotopic (exact) mass is 390 g/mol. The number of hydrogen-bond acceptors (Lipinski definition) is 4. The Kier molecular flexibility index (Phi) is 5.04. The van der Waals surface area contributed by atoms with Gasteiger partial charge in [0.15, 0.2) is 0 Å². The Balaban J connectivity index is 1.54. The van der Waals surface area contributed by atoms with Gasteiger partial charge < -0.3 is 4.74 Å². The third-order valence-corrected chi connectivity index (χ3v) is 6.00. The Morgan fingerprint density at radius 1 is 1.14 bits per heavy atom. The second-order valence-electron chi connectivity index (χ2n) is 8.01. The molecule has 2 aliphatic rings. The van der Waals surface area contributed by atoms with E-state index in [1.165, 1.54) is 0 Å². The van der Waals surface area contributed by atoms with Crippen LogP contribution < -0.4 is 5.56 Å². The maximum atomic E-state index is 13.4. The van der Waals surface area contributed by atoms with E-state index in [0.29, 0.717) is 12.5 Å². The molecule has 1 unspecified atom stereocenters. The maximum absolute atomic E-state index is 13.4. The summed E-state index contributed by atoms with van der Waals surface area (Å²) in [5.74, 6) is 0.603. The second-order valence-corrected chi connectivity index (χ2v) is 8.01. The molecule has 4 heterocycles. The number of fused-ring (bicyclic) bond motifs is 1. The van der Waals surface area contributed by atoms with Crippen LogP contribution in [0, 0.1) is 5.92 Å². The topological polar surface area (TPSA) is 52.3 Å². The first kappa shape index (κ1) is 18.3. The van der Waals surface area contributed by atoms with E-state index in [2.05, 4.69) is 20.6 Å². The standard InChI is InChI=1S/C23H26N4O2/c28-23-21-8-11-25(14-19-9-12-29-17-19)16-22(21)26(15-18-5-4-10-24-13-18)27(23)20-6-2-1-3-7-20/h1-7,10,13,19H,8-9,11-12,14-17H2. The molecule has 3 aromatic rings. The van der Waals surface area contributed by atoms with E-state index in [0.717, 1.165) is 68.2 Å². The smallest absolute Gasteiger partial charge is 0.274 e. The van der Waals surface area contributed by atoms with Gasteiger partial charge in [-0.3, -0.25) is 19.4 Å². The Bertz CT molecular complexity index is 1020. The zero-order valence-electron chi connectivity index (χ0n) is 16.5. The molecule has 29 heavy (non-hydrogen) atoms. The highest BCUT2D eigenvalue weighted by Crippen LogP contribution is 2.23. The molecule has 6 nitrogen and oxygen atoms in total. The summed E-state index contributed by atoms with van der Waals surface area (Å²) in [7, 11) is 0. The number of pyridine rings is 1. The predicted octanol–water partition coefficient (Wildman–Crippen LogP) is 2.48. The van der Waals surface area contributed by atoms with Crippen molar-refractivity contribution < 1.29 is 4.74 Å². The first-order valence-corrected chi connectivity index (χ1v) is 10.4. The van der Waals surface area contributed by atoms with Crippen molar-refractivity contribution in [3.63, 3.8) is 0 Å². The summed E-state index contributed by atoms with van der Waals surface area (Å²) >= 11 is 0. The van der Waals surface area contributed by atoms with Crippen molar-refractivity contribution in [2.75, 3.05) is 26.3 Å². The molecule has 1 atom stereocenters. The minimum Gasteiger partial charge on any atom is -0.381 e. The summed E-state index contributed by atoms with van der Waals surface area (Å²) in [6.07, 6.45) is 5.60.